The van der Waals surface area contributed by atoms with Crippen LogP contribution in [-0.4, -0.2) is 43.0 Å². The van der Waals surface area contributed by atoms with Crippen LogP contribution in [0.5, 0.6) is 0 Å². The molecule has 2 aliphatic heterocycles. The fourth-order valence-electron chi connectivity index (χ4n) is 3.38. The van der Waals surface area contributed by atoms with E-state index < -0.39 is 0 Å². The van der Waals surface area contributed by atoms with Gasteiger partial charge in [-0.15, -0.1) is 11.3 Å². The topological polar surface area (TPSA) is 44.4 Å². The summed E-state index contributed by atoms with van der Waals surface area (Å²) in [5.74, 6) is 0.190. The summed E-state index contributed by atoms with van der Waals surface area (Å²) in [6.45, 7) is 4.11. The van der Waals surface area contributed by atoms with Gasteiger partial charge in [-0.05, 0) is 56.8 Å². The first-order chi connectivity index (χ1) is 10.3. The van der Waals surface area contributed by atoms with Crippen LogP contribution in [0.4, 0.5) is 0 Å². The fraction of sp³-hybridized carbons (Fsp3) is 0.688. The molecule has 0 saturated carbocycles. The zero-order valence-electron chi connectivity index (χ0n) is 12.5. The van der Waals surface area contributed by atoms with Gasteiger partial charge in [0.2, 0.25) is 5.91 Å². The van der Waals surface area contributed by atoms with Crippen molar-refractivity contribution in [3.63, 3.8) is 0 Å². The van der Waals surface area contributed by atoms with Gasteiger partial charge in [0.05, 0.1) is 6.04 Å². The van der Waals surface area contributed by atoms with Crippen molar-refractivity contribution >= 4 is 17.2 Å². The molecule has 0 aliphatic carbocycles. The Labute approximate surface area is 130 Å². The Bertz CT molecular complexity index is 436. The predicted octanol–water partition coefficient (Wildman–Crippen LogP) is 2.14. The summed E-state index contributed by atoms with van der Waals surface area (Å²) in [6, 6.07) is 5.04. The highest BCUT2D eigenvalue weighted by Crippen LogP contribution is 2.27. The molecule has 5 heteroatoms. The molecule has 0 spiro atoms. The number of carbonyl (C=O) groups excluding carboxylic acids is 1. The minimum atomic E-state index is 0.190. The highest BCUT2D eigenvalue weighted by atomic mass is 32.1. The lowest BCUT2D eigenvalue weighted by Gasteiger charge is -2.27. The fourth-order valence-corrected chi connectivity index (χ4v) is 4.24. The molecular weight excluding hydrogens is 282 g/mol. The Hall–Kier alpha value is -0.910. The highest BCUT2D eigenvalue weighted by Gasteiger charge is 2.25. The molecule has 2 aliphatic rings. The molecule has 2 fully saturated rings. The molecule has 1 amide bonds. The number of likely N-dealkylation sites (tertiary alicyclic amines) is 1. The first-order valence-electron chi connectivity index (χ1n) is 8.10. The SMILES string of the molecule is O=C(CC1CCCN1)NCC(c1cccs1)N1CCCC1. The Balaban J connectivity index is 1.53. The summed E-state index contributed by atoms with van der Waals surface area (Å²) >= 11 is 1.80. The van der Waals surface area contributed by atoms with E-state index in [1.54, 1.807) is 11.3 Å². The number of hydrogen-bond acceptors (Lipinski definition) is 4. The third kappa shape index (κ3) is 4.05. The molecular formula is C16H25N3OS. The second-order valence-corrected chi connectivity index (χ2v) is 7.06. The Morgan fingerprint density at radius 2 is 2.29 bits per heavy atom. The minimum absolute atomic E-state index is 0.190. The second kappa shape index (κ2) is 7.38. The molecule has 3 rings (SSSR count). The van der Waals surface area contributed by atoms with Crippen LogP contribution in [0.15, 0.2) is 17.5 Å². The van der Waals surface area contributed by atoms with Crippen LogP contribution in [0.25, 0.3) is 0 Å². The zero-order chi connectivity index (χ0) is 14.5. The van der Waals surface area contributed by atoms with E-state index in [0.717, 1.165) is 32.6 Å². The lowest BCUT2D eigenvalue weighted by atomic mass is 10.1. The van der Waals surface area contributed by atoms with Crippen molar-refractivity contribution < 1.29 is 4.79 Å². The molecule has 2 unspecified atom stereocenters. The molecule has 3 heterocycles. The number of hydrogen-bond donors (Lipinski definition) is 2. The van der Waals surface area contributed by atoms with Gasteiger partial charge in [0.1, 0.15) is 0 Å². The van der Waals surface area contributed by atoms with Gasteiger partial charge in [-0.2, -0.15) is 0 Å². The summed E-state index contributed by atoms with van der Waals surface area (Å²) in [5.41, 5.74) is 0. The van der Waals surface area contributed by atoms with Crippen LogP contribution < -0.4 is 10.6 Å². The van der Waals surface area contributed by atoms with Gasteiger partial charge in [-0.1, -0.05) is 6.07 Å². The number of rotatable bonds is 6. The molecule has 116 valence electrons. The quantitative estimate of drug-likeness (QED) is 0.846. The number of thiophene rings is 1. The molecule has 1 aromatic heterocycles. The summed E-state index contributed by atoms with van der Waals surface area (Å²) in [7, 11) is 0. The number of amides is 1. The Morgan fingerprint density at radius 3 is 2.95 bits per heavy atom. The average molecular weight is 307 g/mol. The van der Waals surface area contributed by atoms with E-state index in [1.165, 1.54) is 24.1 Å². The molecule has 4 nitrogen and oxygen atoms in total. The van der Waals surface area contributed by atoms with E-state index in [4.69, 9.17) is 0 Å². The maximum absolute atomic E-state index is 12.1. The van der Waals surface area contributed by atoms with Gasteiger partial charge in [0.25, 0.3) is 0 Å². The molecule has 0 radical (unpaired) electrons. The van der Waals surface area contributed by atoms with Crippen molar-refractivity contribution in [1.82, 2.24) is 15.5 Å². The van der Waals surface area contributed by atoms with Gasteiger partial charge in [0, 0.05) is 23.9 Å². The van der Waals surface area contributed by atoms with Gasteiger partial charge >= 0.3 is 0 Å². The Kier molecular flexibility index (Phi) is 5.27. The molecule has 21 heavy (non-hydrogen) atoms. The van der Waals surface area contributed by atoms with Crippen molar-refractivity contribution in [2.75, 3.05) is 26.2 Å². The summed E-state index contributed by atoms with van der Waals surface area (Å²) in [4.78, 5) is 16.0. The maximum atomic E-state index is 12.1. The number of nitrogens with zero attached hydrogens (tertiary/aromatic N) is 1. The van der Waals surface area contributed by atoms with Crippen molar-refractivity contribution in [2.45, 2.75) is 44.2 Å². The molecule has 2 saturated heterocycles. The average Bonchev–Trinajstić information content (AvgIpc) is 3.23. The van der Waals surface area contributed by atoms with Crippen molar-refractivity contribution in [1.29, 1.82) is 0 Å². The van der Waals surface area contributed by atoms with E-state index in [1.807, 2.05) is 0 Å². The van der Waals surface area contributed by atoms with Gasteiger partial charge in [0.15, 0.2) is 0 Å². The molecule has 1 aromatic rings. The predicted molar refractivity (Wildman–Crippen MR) is 86.5 cm³/mol. The molecule has 2 N–H and O–H groups in total. The largest absolute Gasteiger partial charge is 0.354 e. The first-order valence-corrected chi connectivity index (χ1v) is 8.98. The first kappa shape index (κ1) is 15.0. The second-order valence-electron chi connectivity index (χ2n) is 6.08. The van der Waals surface area contributed by atoms with Crippen molar-refractivity contribution in [3.8, 4) is 0 Å². The lowest BCUT2D eigenvalue weighted by molar-refractivity contribution is -0.121. The summed E-state index contributed by atoms with van der Waals surface area (Å²) in [5, 5.41) is 8.68. The van der Waals surface area contributed by atoms with Crippen LogP contribution in [0.2, 0.25) is 0 Å². The van der Waals surface area contributed by atoms with E-state index in [9.17, 15) is 4.79 Å². The molecule has 0 bridgehead atoms. The van der Waals surface area contributed by atoms with Crippen molar-refractivity contribution in [2.24, 2.45) is 0 Å². The standard InChI is InChI=1S/C16H25N3OS/c20-16(11-13-5-3-7-17-13)18-12-14(15-6-4-10-21-15)19-8-1-2-9-19/h4,6,10,13-14,17H,1-3,5,7-9,11-12H2,(H,18,20). The van der Waals surface area contributed by atoms with E-state index in [2.05, 4.69) is 33.0 Å². The number of carbonyl (C=O) groups is 1. The maximum Gasteiger partial charge on any atom is 0.221 e. The third-order valence-corrected chi connectivity index (χ3v) is 5.51. The van der Waals surface area contributed by atoms with E-state index in [0.29, 0.717) is 18.5 Å². The van der Waals surface area contributed by atoms with Crippen LogP contribution >= 0.6 is 11.3 Å². The van der Waals surface area contributed by atoms with Crippen LogP contribution in [-0.2, 0) is 4.79 Å². The third-order valence-electron chi connectivity index (χ3n) is 4.54. The smallest absolute Gasteiger partial charge is 0.221 e. The van der Waals surface area contributed by atoms with Crippen LogP contribution in [0, 0.1) is 0 Å². The molecule has 0 aromatic carbocycles. The van der Waals surface area contributed by atoms with Crippen molar-refractivity contribution in [3.05, 3.63) is 22.4 Å². The highest BCUT2D eigenvalue weighted by molar-refractivity contribution is 7.10. The van der Waals surface area contributed by atoms with Gasteiger partial charge in [-0.25, -0.2) is 0 Å². The van der Waals surface area contributed by atoms with Crippen LogP contribution in [0.1, 0.15) is 43.0 Å². The lowest BCUT2D eigenvalue weighted by Crippen LogP contribution is -2.38. The van der Waals surface area contributed by atoms with Gasteiger partial charge in [-0.3, -0.25) is 9.69 Å². The monoisotopic (exact) mass is 307 g/mol. The summed E-state index contributed by atoms with van der Waals surface area (Å²) < 4.78 is 0. The van der Waals surface area contributed by atoms with E-state index in [-0.39, 0.29) is 5.91 Å². The molecule has 2 atom stereocenters. The van der Waals surface area contributed by atoms with Crippen LogP contribution in [0.3, 0.4) is 0 Å². The normalized spacial score (nSPS) is 24.3. The van der Waals surface area contributed by atoms with E-state index >= 15 is 0 Å². The van der Waals surface area contributed by atoms with Gasteiger partial charge < -0.3 is 10.6 Å². The number of nitrogens with one attached hydrogen (secondary N) is 2. The minimum Gasteiger partial charge on any atom is -0.354 e. The summed E-state index contributed by atoms with van der Waals surface area (Å²) in [6.07, 6.45) is 5.51. The zero-order valence-corrected chi connectivity index (χ0v) is 13.3. The Morgan fingerprint density at radius 1 is 1.43 bits per heavy atom.